The van der Waals surface area contributed by atoms with Gasteiger partial charge in [-0.15, -0.1) is 0 Å². The van der Waals surface area contributed by atoms with E-state index in [1.165, 1.54) is 19.3 Å². The maximum Gasteiger partial charge on any atom is 0.228 e. The predicted octanol–water partition coefficient (Wildman–Crippen LogP) is 1.39. The van der Waals surface area contributed by atoms with Crippen LogP contribution < -0.4 is 0 Å². The summed E-state index contributed by atoms with van der Waals surface area (Å²) in [5, 5.41) is 0. The Morgan fingerprint density at radius 2 is 1.84 bits per heavy atom. The number of nitrogens with zero attached hydrogens (tertiary/aromatic N) is 2. The highest BCUT2D eigenvalue weighted by atomic mass is 16.7. The van der Waals surface area contributed by atoms with E-state index in [2.05, 4.69) is 4.90 Å². The number of rotatable bonds is 2. The van der Waals surface area contributed by atoms with Crippen molar-refractivity contribution in [2.45, 2.75) is 56.8 Å². The van der Waals surface area contributed by atoms with Crippen molar-refractivity contribution in [3.05, 3.63) is 0 Å². The van der Waals surface area contributed by atoms with Crippen LogP contribution in [0.2, 0.25) is 0 Å². The Bertz CT molecular complexity index is 564. The molecule has 0 radical (unpaired) electrons. The van der Waals surface area contributed by atoms with Gasteiger partial charge in [0, 0.05) is 44.9 Å². The fourth-order valence-electron chi connectivity index (χ4n) is 5.92. The molecule has 3 heterocycles. The molecule has 0 aromatic heterocycles. The van der Waals surface area contributed by atoms with Gasteiger partial charge in [0.05, 0.1) is 19.1 Å². The van der Waals surface area contributed by atoms with E-state index in [0.717, 1.165) is 25.2 Å². The van der Waals surface area contributed by atoms with Crippen molar-refractivity contribution >= 4 is 11.8 Å². The SMILES string of the molecule is O=C(C1CC(=O)N(C2CC3CCC2C3)C1)N1CCC2(CC1)OCCO2. The van der Waals surface area contributed by atoms with Gasteiger partial charge in [0.15, 0.2) is 5.79 Å². The van der Waals surface area contributed by atoms with Gasteiger partial charge in [-0.2, -0.15) is 0 Å². The topological polar surface area (TPSA) is 59.1 Å². The van der Waals surface area contributed by atoms with Gasteiger partial charge in [0.25, 0.3) is 0 Å². The Hall–Kier alpha value is -1.14. The van der Waals surface area contributed by atoms with Crippen LogP contribution in [0.5, 0.6) is 0 Å². The average molecular weight is 348 g/mol. The monoisotopic (exact) mass is 348 g/mol. The molecule has 1 spiro atoms. The molecule has 0 aromatic carbocycles. The van der Waals surface area contributed by atoms with Gasteiger partial charge in [-0.1, -0.05) is 6.42 Å². The predicted molar refractivity (Wildman–Crippen MR) is 89.5 cm³/mol. The Morgan fingerprint density at radius 3 is 2.48 bits per heavy atom. The second-order valence-corrected chi connectivity index (χ2v) is 8.62. The lowest BCUT2D eigenvalue weighted by Gasteiger charge is -2.38. The molecule has 0 N–H and O–H groups in total. The van der Waals surface area contributed by atoms with Crippen LogP contribution in [0.3, 0.4) is 0 Å². The first-order valence-electron chi connectivity index (χ1n) is 10.00. The molecule has 5 rings (SSSR count). The van der Waals surface area contributed by atoms with E-state index in [4.69, 9.17) is 9.47 Å². The van der Waals surface area contributed by atoms with E-state index in [9.17, 15) is 9.59 Å². The molecule has 2 aliphatic carbocycles. The molecule has 3 saturated heterocycles. The summed E-state index contributed by atoms with van der Waals surface area (Å²) in [5.74, 6) is 1.28. The summed E-state index contributed by atoms with van der Waals surface area (Å²) in [6.45, 7) is 3.31. The molecule has 6 heteroatoms. The van der Waals surface area contributed by atoms with Gasteiger partial charge in [0.1, 0.15) is 0 Å². The van der Waals surface area contributed by atoms with Crippen molar-refractivity contribution in [1.82, 2.24) is 9.80 Å². The minimum atomic E-state index is -0.447. The minimum Gasteiger partial charge on any atom is -0.347 e. The molecule has 138 valence electrons. The molecular formula is C19H28N2O4. The first-order valence-corrected chi connectivity index (χ1v) is 10.00. The van der Waals surface area contributed by atoms with Crippen molar-refractivity contribution in [2.75, 3.05) is 32.8 Å². The molecule has 6 nitrogen and oxygen atoms in total. The third-order valence-corrected chi connectivity index (χ3v) is 7.26. The van der Waals surface area contributed by atoms with Crippen molar-refractivity contribution in [1.29, 1.82) is 0 Å². The Morgan fingerprint density at radius 1 is 1.08 bits per heavy atom. The fraction of sp³-hybridized carbons (Fsp3) is 0.895. The van der Waals surface area contributed by atoms with Crippen LogP contribution in [-0.4, -0.2) is 66.3 Å². The molecule has 25 heavy (non-hydrogen) atoms. The van der Waals surface area contributed by atoms with Gasteiger partial charge in [-0.05, 0) is 31.1 Å². The quantitative estimate of drug-likeness (QED) is 0.757. The van der Waals surface area contributed by atoms with Gasteiger partial charge in [-0.3, -0.25) is 9.59 Å². The van der Waals surface area contributed by atoms with Crippen molar-refractivity contribution in [2.24, 2.45) is 17.8 Å². The zero-order chi connectivity index (χ0) is 17.0. The molecular weight excluding hydrogens is 320 g/mol. The number of ether oxygens (including phenoxy) is 2. The van der Waals surface area contributed by atoms with E-state index in [0.29, 0.717) is 51.2 Å². The molecule has 0 aromatic rings. The van der Waals surface area contributed by atoms with Crippen LogP contribution >= 0.6 is 0 Å². The normalized spacial score (nSPS) is 39.8. The van der Waals surface area contributed by atoms with E-state index >= 15 is 0 Å². The van der Waals surface area contributed by atoms with E-state index in [1.54, 1.807) is 0 Å². The Balaban J connectivity index is 1.20. The zero-order valence-electron chi connectivity index (χ0n) is 14.8. The lowest BCUT2D eigenvalue weighted by Crippen LogP contribution is -2.49. The van der Waals surface area contributed by atoms with E-state index in [-0.39, 0.29) is 17.7 Å². The standard InChI is InChI=1S/C19H28N2O4/c22-17-11-15(12-21(17)16-10-13-1-2-14(16)9-13)18(23)20-5-3-19(4-6-20)24-7-8-25-19/h13-16H,1-12H2. The van der Waals surface area contributed by atoms with Crippen LogP contribution in [0, 0.1) is 17.8 Å². The largest absolute Gasteiger partial charge is 0.347 e. The zero-order valence-corrected chi connectivity index (χ0v) is 14.8. The Labute approximate surface area is 148 Å². The summed E-state index contributed by atoms with van der Waals surface area (Å²) < 4.78 is 11.5. The van der Waals surface area contributed by atoms with Crippen molar-refractivity contribution < 1.29 is 19.1 Å². The number of amides is 2. The van der Waals surface area contributed by atoms with Crippen molar-refractivity contribution in [3.63, 3.8) is 0 Å². The second-order valence-electron chi connectivity index (χ2n) is 8.62. The summed E-state index contributed by atoms with van der Waals surface area (Å²) >= 11 is 0. The maximum absolute atomic E-state index is 12.9. The number of carbonyl (C=O) groups excluding carboxylic acids is 2. The fourth-order valence-corrected chi connectivity index (χ4v) is 5.92. The summed E-state index contributed by atoms with van der Waals surface area (Å²) in [7, 11) is 0. The molecule has 2 saturated carbocycles. The highest BCUT2D eigenvalue weighted by Gasteiger charge is 2.48. The van der Waals surface area contributed by atoms with Crippen LogP contribution in [0.15, 0.2) is 0 Å². The summed E-state index contributed by atoms with van der Waals surface area (Å²) in [6, 6.07) is 0.411. The van der Waals surface area contributed by atoms with Crippen LogP contribution in [0.1, 0.15) is 44.9 Å². The first kappa shape index (κ1) is 16.1. The Kier molecular flexibility index (Phi) is 3.82. The summed E-state index contributed by atoms with van der Waals surface area (Å²) in [5.41, 5.74) is 0. The second kappa shape index (κ2) is 5.95. The maximum atomic E-state index is 12.9. The van der Waals surface area contributed by atoms with Crippen molar-refractivity contribution in [3.8, 4) is 0 Å². The first-order chi connectivity index (χ1) is 12.1. The van der Waals surface area contributed by atoms with Crippen LogP contribution in [0.4, 0.5) is 0 Å². The molecule has 4 atom stereocenters. The van der Waals surface area contributed by atoms with Gasteiger partial charge in [-0.25, -0.2) is 0 Å². The third kappa shape index (κ3) is 2.69. The lowest BCUT2D eigenvalue weighted by molar-refractivity contribution is -0.188. The number of fused-ring (bicyclic) bond motifs is 2. The summed E-state index contributed by atoms with van der Waals surface area (Å²) in [4.78, 5) is 29.5. The number of piperidine rings is 1. The molecule has 2 amide bonds. The highest BCUT2D eigenvalue weighted by molar-refractivity contribution is 5.89. The number of hydrogen-bond donors (Lipinski definition) is 0. The van der Waals surface area contributed by atoms with Crippen LogP contribution in [0.25, 0.3) is 0 Å². The van der Waals surface area contributed by atoms with E-state index in [1.807, 2.05) is 4.90 Å². The average Bonchev–Trinajstić information content (AvgIpc) is 3.39. The number of likely N-dealkylation sites (tertiary alicyclic amines) is 2. The molecule has 5 fully saturated rings. The molecule has 2 bridgehead atoms. The third-order valence-electron chi connectivity index (χ3n) is 7.26. The number of hydrogen-bond acceptors (Lipinski definition) is 4. The lowest BCUT2D eigenvalue weighted by atomic mass is 9.94. The number of carbonyl (C=O) groups is 2. The highest BCUT2D eigenvalue weighted by Crippen LogP contribution is 2.47. The summed E-state index contributed by atoms with van der Waals surface area (Å²) in [6.07, 6.45) is 6.96. The van der Waals surface area contributed by atoms with Gasteiger partial charge in [0.2, 0.25) is 11.8 Å². The van der Waals surface area contributed by atoms with Gasteiger partial charge >= 0.3 is 0 Å². The van der Waals surface area contributed by atoms with Crippen LogP contribution in [-0.2, 0) is 19.1 Å². The molecule has 3 aliphatic heterocycles. The smallest absolute Gasteiger partial charge is 0.228 e. The minimum absolute atomic E-state index is 0.147. The molecule has 4 unspecified atom stereocenters. The van der Waals surface area contributed by atoms with Gasteiger partial charge < -0.3 is 19.3 Å². The molecule has 5 aliphatic rings. The van der Waals surface area contributed by atoms with E-state index < -0.39 is 5.79 Å².